The maximum atomic E-state index is 13.6. The first-order chi connectivity index (χ1) is 17.4. The number of piperidine rings is 1. The van der Waals surface area contributed by atoms with Gasteiger partial charge in [-0.05, 0) is 43.4 Å². The summed E-state index contributed by atoms with van der Waals surface area (Å²) in [5, 5.41) is 1.58. The first kappa shape index (κ1) is 24.2. The van der Waals surface area contributed by atoms with E-state index >= 15 is 0 Å². The lowest BCUT2D eigenvalue weighted by molar-refractivity contribution is -0.145. The summed E-state index contributed by atoms with van der Waals surface area (Å²) in [4.78, 5) is 44.8. The van der Waals surface area contributed by atoms with Crippen molar-refractivity contribution in [2.24, 2.45) is 11.8 Å². The number of hydrogen-bond donors (Lipinski definition) is 1. The number of para-hydroxylation sites is 1. The quantitative estimate of drug-likeness (QED) is 0.666. The minimum Gasteiger partial charge on any atom is -0.484 e. The van der Waals surface area contributed by atoms with Crippen LogP contribution in [0.5, 0.6) is 5.75 Å². The second kappa shape index (κ2) is 10.2. The zero-order chi connectivity index (χ0) is 25.2. The molecular formula is C26H30FN5O4. The van der Waals surface area contributed by atoms with Crippen molar-refractivity contribution < 1.29 is 23.5 Å². The number of amides is 3. The molecule has 5 rings (SSSR count). The molecule has 36 heavy (non-hydrogen) atoms. The Balaban J connectivity index is 1.18. The molecule has 0 spiro atoms. The van der Waals surface area contributed by atoms with Crippen molar-refractivity contribution >= 4 is 23.4 Å². The third kappa shape index (κ3) is 4.91. The predicted octanol–water partition coefficient (Wildman–Crippen LogP) is 0.973. The van der Waals surface area contributed by atoms with E-state index in [9.17, 15) is 18.8 Å². The monoisotopic (exact) mass is 495 g/mol. The van der Waals surface area contributed by atoms with Gasteiger partial charge in [0, 0.05) is 39.3 Å². The number of rotatable bonds is 5. The van der Waals surface area contributed by atoms with Crippen LogP contribution < -0.4 is 15.2 Å². The number of anilines is 1. The number of halogens is 1. The molecule has 190 valence electrons. The normalized spacial score (nSPS) is 24.6. The van der Waals surface area contributed by atoms with Crippen LogP contribution >= 0.6 is 0 Å². The van der Waals surface area contributed by atoms with Gasteiger partial charge in [0.05, 0.1) is 23.6 Å². The van der Waals surface area contributed by atoms with Crippen LogP contribution in [-0.4, -0.2) is 91.4 Å². The van der Waals surface area contributed by atoms with Gasteiger partial charge in [-0.2, -0.15) is 0 Å². The van der Waals surface area contributed by atoms with E-state index in [1.165, 1.54) is 24.3 Å². The number of nitrogens with zero attached hydrogens (tertiary/aromatic N) is 4. The van der Waals surface area contributed by atoms with Gasteiger partial charge in [0.1, 0.15) is 11.6 Å². The van der Waals surface area contributed by atoms with Gasteiger partial charge in [0.15, 0.2) is 6.61 Å². The number of hydrogen-bond acceptors (Lipinski definition) is 6. The van der Waals surface area contributed by atoms with E-state index in [1.54, 1.807) is 14.8 Å². The molecule has 3 saturated heterocycles. The highest BCUT2D eigenvalue weighted by atomic mass is 19.1. The summed E-state index contributed by atoms with van der Waals surface area (Å²) < 4.78 is 18.5. The van der Waals surface area contributed by atoms with Gasteiger partial charge >= 0.3 is 0 Å². The van der Waals surface area contributed by atoms with Crippen molar-refractivity contribution in [3.05, 3.63) is 60.4 Å². The fraction of sp³-hybridized carbons (Fsp3) is 0.423. The van der Waals surface area contributed by atoms with Crippen LogP contribution in [0.3, 0.4) is 0 Å². The Labute approximate surface area is 209 Å². The van der Waals surface area contributed by atoms with E-state index < -0.39 is 0 Å². The van der Waals surface area contributed by atoms with Crippen molar-refractivity contribution in [1.29, 1.82) is 0 Å². The molecule has 0 saturated carbocycles. The fourth-order valence-electron chi connectivity index (χ4n) is 5.23. The maximum Gasteiger partial charge on any atom is 0.260 e. The molecular weight excluding hydrogens is 465 g/mol. The van der Waals surface area contributed by atoms with Gasteiger partial charge < -0.3 is 19.4 Å². The Morgan fingerprint density at radius 3 is 2.33 bits per heavy atom. The second-order valence-electron chi connectivity index (χ2n) is 9.55. The summed E-state index contributed by atoms with van der Waals surface area (Å²) in [7, 11) is 1.94. The third-order valence-corrected chi connectivity index (χ3v) is 7.15. The van der Waals surface area contributed by atoms with E-state index in [1.807, 2.05) is 42.3 Å². The van der Waals surface area contributed by atoms with Crippen LogP contribution in [0, 0.1) is 17.7 Å². The molecule has 1 N–H and O–H groups in total. The standard InChI is InChI=1S/C26H30FN5O4/c1-29-15-21(24-22(16-29)26(35)32(28-24)19-5-3-2-4-6-19)25(34)31-13-11-30(12-14-31)23(33)17-36-20-9-7-18(27)8-10-20/h2-10,21-22,24,28H,11-17H2,1H3. The molecule has 3 fully saturated rings. The highest BCUT2D eigenvalue weighted by Gasteiger charge is 2.51. The molecule has 0 aliphatic carbocycles. The van der Waals surface area contributed by atoms with Crippen molar-refractivity contribution in [2.75, 3.05) is 57.9 Å². The highest BCUT2D eigenvalue weighted by molar-refractivity contribution is 5.98. The largest absolute Gasteiger partial charge is 0.484 e. The van der Waals surface area contributed by atoms with Crippen molar-refractivity contribution in [1.82, 2.24) is 20.1 Å². The molecule has 2 aromatic rings. The smallest absolute Gasteiger partial charge is 0.260 e. The highest BCUT2D eigenvalue weighted by Crippen LogP contribution is 2.32. The topological polar surface area (TPSA) is 85.4 Å². The molecule has 9 nitrogen and oxygen atoms in total. The van der Waals surface area contributed by atoms with Crippen LogP contribution in [0.2, 0.25) is 0 Å². The van der Waals surface area contributed by atoms with Crippen LogP contribution in [0.1, 0.15) is 0 Å². The summed E-state index contributed by atoms with van der Waals surface area (Å²) in [5.74, 6) is -0.800. The molecule has 3 atom stereocenters. The number of likely N-dealkylation sites (tertiary alicyclic amines) is 1. The summed E-state index contributed by atoms with van der Waals surface area (Å²) in [5.41, 5.74) is 4.08. The average Bonchev–Trinajstić information content (AvgIpc) is 3.24. The Kier molecular flexibility index (Phi) is 6.88. The molecule has 3 heterocycles. The number of fused-ring (bicyclic) bond motifs is 1. The number of carbonyl (C=O) groups excluding carboxylic acids is 3. The van der Waals surface area contributed by atoms with E-state index in [-0.39, 0.29) is 48.0 Å². The van der Waals surface area contributed by atoms with Gasteiger partial charge in [-0.25, -0.2) is 14.8 Å². The molecule has 0 bridgehead atoms. The summed E-state index contributed by atoms with van der Waals surface area (Å²) >= 11 is 0. The SMILES string of the molecule is CN1CC(C(=O)N2CCN(C(=O)COc3ccc(F)cc3)CC2)C2NN(c3ccccc3)C(=O)C2C1. The van der Waals surface area contributed by atoms with Gasteiger partial charge in [0.25, 0.3) is 5.91 Å². The molecule has 3 amide bonds. The van der Waals surface area contributed by atoms with Crippen LogP contribution in [0.15, 0.2) is 54.6 Å². The van der Waals surface area contributed by atoms with Crippen LogP contribution in [0.4, 0.5) is 10.1 Å². The average molecular weight is 496 g/mol. The summed E-state index contributed by atoms with van der Waals surface area (Å²) in [6.45, 7) is 2.70. The van der Waals surface area contributed by atoms with Crippen molar-refractivity contribution in [2.45, 2.75) is 6.04 Å². The molecule has 3 unspecified atom stereocenters. The number of hydrazine groups is 1. The number of ether oxygens (including phenoxy) is 1. The molecule has 3 aliphatic rings. The van der Waals surface area contributed by atoms with Crippen molar-refractivity contribution in [3.63, 3.8) is 0 Å². The minimum absolute atomic E-state index is 0.00132. The Morgan fingerprint density at radius 2 is 1.64 bits per heavy atom. The van der Waals surface area contributed by atoms with E-state index in [0.29, 0.717) is 45.0 Å². The van der Waals surface area contributed by atoms with Gasteiger partial charge in [-0.3, -0.25) is 14.4 Å². The fourth-order valence-corrected chi connectivity index (χ4v) is 5.23. The Morgan fingerprint density at radius 1 is 0.972 bits per heavy atom. The van der Waals surface area contributed by atoms with Gasteiger partial charge in [0.2, 0.25) is 11.8 Å². The first-order valence-electron chi connectivity index (χ1n) is 12.2. The molecule has 10 heteroatoms. The Hall–Kier alpha value is -3.50. The molecule has 3 aliphatic heterocycles. The van der Waals surface area contributed by atoms with Crippen LogP contribution in [-0.2, 0) is 14.4 Å². The lowest BCUT2D eigenvalue weighted by Crippen LogP contribution is -2.59. The number of carbonyl (C=O) groups is 3. The third-order valence-electron chi connectivity index (χ3n) is 7.15. The predicted molar refractivity (Wildman–Crippen MR) is 130 cm³/mol. The zero-order valence-electron chi connectivity index (χ0n) is 20.2. The lowest BCUT2D eigenvalue weighted by Gasteiger charge is -2.41. The van der Waals surface area contributed by atoms with Gasteiger partial charge in [-0.15, -0.1) is 0 Å². The maximum absolute atomic E-state index is 13.6. The first-order valence-corrected chi connectivity index (χ1v) is 12.2. The number of benzene rings is 2. The summed E-state index contributed by atoms with van der Waals surface area (Å²) in [6, 6.07) is 14.7. The zero-order valence-corrected chi connectivity index (χ0v) is 20.2. The number of piperazine rings is 1. The Bertz CT molecular complexity index is 1110. The van der Waals surface area contributed by atoms with E-state index in [0.717, 1.165) is 5.69 Å². The lowest BCUT2D eigenvalue weighted by atomic mass is 9.84. The number of nitrogens with one attached hydrogen (secondary N) is 1. The van der Waals surface area contributed by atoms with E-state index in [2.05, 4.69) is 5.43 Å². The molecule has 0 radical (unpaired) electrons. The van der Waals surface area contributed by atoms with Gasteiger partial charge in [-0.1, -0.05) is 18.2 Å². The van der Waals surface area contributed by atoms with Crippen LogP contribution in [0.25, 0.3) is 0 Å². The van der Waals surface area contributed by atoms with Crippen molar-refractivity contribution in [3.8, 4) is 5.75 Å². The molecule has 2 aromatic carbocycles. The summed E-state index contributed by atoms with van der Waals surface area (Å²) in [6.07, 6.45) is 0. The minimum atomic E-state index is -0.366. The molecule has 0 aromatic heterocycles. The second-order valence-corrected chi connectivity index (χ2v) is 9.55. The van der Waals surface area contributed by atoms with E-state index in [4.69, 9.17) is 4.74 Å².